The summed E-state index contributed by atoms with van der Waals surface area (Å²) < 4.78 is 2.42. The number of hydrogen-bond donors (Lipinski definition) is 0. The predicted octanol–water partition coefficient (Wildman–Crippen LogP) is 13.3. The molecule has 9 rings (SSSR count). The van der Waals surface area contributed by atoms with E-state index in [4.69, 9.17) is 0 Å². The maximum atomic E-state index is 2.48. The zero-order chi connectivity index (χ0) is 32.4. The summed E-state index contributed by atoms with van der Waals surface area (Å²) in [5.74, 6) is 0. The van der Waals surface area contributed by atoms with Crippen molar-refractivity contribution in [1.29, 1.82) is 0 Å². The minimum absolute atomic E-state index is 0.0666. The highest BCUT2D eigenvalue weighted by Crippen LogP contribution is 2.46. The van der Waals surface area contributed by atoms with E-state index in [1.165, 1.54) is 87.6 Å². The molecular weight excluding hydrogens is 579 g/mol. The van der Waals surface area contributed by atoms with Crippen LogP contribution in [0.5, 0.6) is 0 Å². The van der Waals surface area contributed by atoms with Gasteiger partial charge in [-0.2, -0.15) is 0 Å². The summed E-state index contributed by atoms with van der Waals surface area (Å²) in [5, 5.41) is 10.2. The second-order valence-corrected chi connectivity index (χ2v) is 13.8. The van der Waals surface area contributed by atoms with Crippen molar-refractivity contribution in [1.82, 2.24) is 4.57 Å². The third-order valence-corrected chi connectivity index (χ3v) is 10.7. The van der Waals surface area contributed by atoms with Crippen molar-refractivity contribution in [3.8, 4) is 27.9 Å². The van der Waals surface area contributed by atoms with Gasteiger partial charge in [-0.25, -0.2) is 0 Å². The molecule has 0 saturated carbocycles. The second kappa shape index (κ2) is 11.0. The molecule has 0 atom stereocenters. The molecule has 1 heterocycles. The third kappa shape index (κ3) is 4.38. The lowest BCUT2D eigenvalue weighted by molar-refractivity contribution is 0.507. The molecule has 0 fully saturated rings. The van der Waals surface area contributed by atoms with Crippen molar-refractivity contribution in [3.05, 3.63) is 163 Å². The SMILES string of the molecule is CCC(C)(C)c1ccc2c(-c3cccc(-n4c5ccccc5c5ccccc54)c3)c3ccccc3c(-c3ccc4ccccc4c3)c2c1. The second-order valence-electron chi connectivity index (χ2n) is 13.8. The lowest BCUT2D eigenvalue weighted by atomic mass is 9.79. The number of benzene rings is 8. The molecule has 230 valence electrons. The Labute approximate surface area is 281 Å². The first kappa shape index (κ1) is 28.6. The van der Waals surface area contributed by atoms with E-state index in [-0.39, 0.29) is 5.41 Å². The number of hydrogen-bond acceptors (Lipinski definition) is 0. The van der Waals surface area contributed by atoms with E-state index in [9.17, 15) is 0 Å². The highest BCUT2D eigenvalue weighted by molar-refractivity contribution is 6.22. The van der Waals surface area contributed by atoms with Gasteiger partial charge in [-0.05, 0) is 108 Å². The fraction of sp³-hybridized carbons (Fsp3) is 0.106. The van der Waals surface area contributed by atoms with Crippen LogP contribution in [0.3, 0.4) is 0 Å². The van der Waals surface area contributed by atoms with Gasteiger partial charge in [0.25, 0.3) is 0 Å². The van der Waals surface area contributed by atoms with E-state index in [0.717, 1.165) is 6.42 Å². The molecule has 0 aliphatic carbocycles. The van der Waals surface area contributed by atoms with Gasteiger partial charge in [0, 0.05) is 16.5 Å². The normalized spacial score (nSPS) is 12.1. The number of nitrogens with zero attached hydrogens (tertiary/aromatic N) is 1. The largest absolute Gasteiger partial charge is 0.309 e. The molecule has 0 bridgehead atoms. The Morgan fingerprint density at radius 2 is 1.00 bits per heavy atom. The van der Waals surface area contributed by atoms with Crippen molar-refractivity contribution in [2.75, 3.05) is 0 Å². The highest BCUT2D eigenvalue weighted by Gasteiger charge is 2.23. The summed E-state index contributed by atoms with van der Waals surface area (Å²) in [6.07, 6.45) is 1.07. The first-order valence-electron chi connectivity index (χ1n) is 17.1. The molecule has 0 aliphatic rings. The Hall–Kier alpha value is -5.66. The quantitative estimate of drug-likeness (QED) is 0.170. The predicted molar refractivity (Wildman–Crippen MR) is 207 cm³/mol. The van der Waals surface area contributed by atoms with E-state index in [2.05, 4.69) is 183 Å². The Balaban J connectivity index is 1.37. The molecule has 0 aliphatic heterocycles. The summed E-state index contributed by atoms with van der Waals surface area (Å²) in [4.78, 5) is 0. The molecule has 0 N–H and O–H groups in total. The van der Waals surface area contributed by atoms with Crippen LogP contribution in [0.2, 0.25) is 0 Å². The van der Waals surface area contributed by atoms with Crippen LogP contribution in [0, 0.1) is 0 Å². The van der Waals surface area contributed by atoms with Crippen molar-refractivity contribution in [2.45, 2.75) is 32.6 Å². The lowest BCUT2D eigenvalue weighted by Gasteiger charge is -2.25. The van der Waals surface area contributed by atoms with Crippen LogP contribution in [0.25, 0.3) is 82.1 Å². The van der Waals surface area contributed by atoms with E-state index in [0.29, 0.717) is 0 Å². The first-order valence-corrected chi connectivity index (χ1v) is 17.1. The molecule has 0 radical (unpaired) electrons. The van der Waals surface area contributed by atoms with Crippen LogP contribution < -0.4 is 0 Å². The fourth-order valence-electron chi connectivity index (χ4n) is 7.77. The van der Waals surface area contributed by atoms with Gasteiger partial charge in [0.2, 0.25) is 0 Å². The van der Waals surface area contributed by atoms with E-state index in [1.807, 2.05) is 0 Å². The van der Waals surface area contributed by atoms with Gasteiger partial charge in [-0.15, -0.1) is 0 Å². The van der Waals surface area contributed by atoms with Crippen molar-refractivity contribution in [3.63, 3.8) is 0 Å². The van der Waals surface area contributed by atoms with Gasteiger partial charge >= 0.3 is 0 Å². The topological polar surface area (TPSA) is 4.93 Å². The summed E-state index contributed by atoms with van der Waals surface area (Å²) >= 11 is 0. The highest BCUT2D eigenvalue weighted by atomic mass is 15.0. The maximum absolute atomic E-state index is 2.48. The molecule has 0 unspecified atom stereocenters. The van der Waals surface area contributed by atoms with Crippen LogP contribution in [-0.4, -0.2) is 4.57 Å². The number of fused-ring (bicyclic) bond motifs is 6. The molecule has 9 aromatic rings. The molecule has 0 saturated heterocycles. The molecule has 0 spiro atoms. The Kier molecular flexibility index (Phi) is 6.52. The Bertz CT molecular complexity index is 2630. The van der Waals surface area contributed by atoms with Gasteiger partial charge in [-0.3, -0.25) is 0 Å². The molecule has 1 heteroatoms. The van der Waals surface area contributed by atoms with Crippen LogP contribution in [0.15, 0.2) is 158 Å². The van der Waals surface area contributed by atoms with Crippen molar-refractivity contribution in [2.24, 2.45) is 0 Å². The number of para-hydroxylation sites is 2. The summed E-state index contributed by atoms with van der Waals surface area (Å²) in [6, 6.07) is 58.5. The van der Waals surface area contributed by atoms with Crippen LogP contribution >= 0.6 is 0 Å². The Morgan fingerprint density at radius 1 is 0.438 bits per heavy atom. The van der Waals surface area contributed by atoms with Crippen molar-refractivity contribution < 1.29 is 0 Å². The fourth-order valence-corrected chi connectivity index (χ4v) is 7.77. The average Bonchev–Trinajstić information content (AvgIpc) is 3.48. The van der Waals surface area contributed by atoms with Crippen LogP contribution in [0.1, 0.15) is 32.8 Å². The molecule has 8 aromatic carbocycles. The van der Waals surface area contributed by atoms with Crippen LogP contribution in [0.4, 0.5) is 0 Å². The minimum Gasteiger partial charge on any atom is -0.309 e. The standard InChI is InChI=1S/C47H37N/c1-4-47(2,3)35-26-27-41-42(30-35)46(34-25-24-31-14-5-6-15-32(31)28-34)40-21-8-7-20-39(40)45(41)33-16-13-17-36(29-33)48-43-22-11-9-18-37(43)38-19-10-12-23-44(38)48/h5-30H,4H2,1-3H3. The summed E-state index contributed by atoms with van der Waals surface area (Å²) in [7, 11) is 0. The Morgan fingerprint density at radius 3 is 1.69 bits per heavy atom. The van der Waals surface area contributed by atoms with Gasteiger partial charge in [0.05, 0.1) is 11.0 Å². The summed E-state index contributed by atoms with van der Waals surface area (Å²) in [5.41, 5.74) is 10.1. The first-order chi connectivity index (χ1) is 23.5. The van der Waals surface area contributed by atoms with Gasteiger partial charge in [0.1, 0.15) is 0 Å². The monoisotopic (exact) mass is 615 g/mol. The molecule has 48 heavy (non-hydrogen) atoms. The van der Waals surface area contributed by atoms with E-state index < -0.39 is 0 Å². The zero-order valence-corrected chi connectivity index (χ0v) is 27.7. The van der Waals surface area contributed by atoms with Crippen molar-refractivity contribution >= 4 is 54.1 Å². The van der Waals surface area contributed by atoms with Gasteiger partial charge in [0.15, 0.2) is 0 Å². The smallest absolute Gasteiger partial charge is 0.0541 e. The van der Waals surface area contributed by atoms with Gasteiger partial charge in [-0.1, -0.05) is 142 Å². The molecule has 1 nitrogen and oxygen atoms in total. The van der Waals surface area contributed by atoms with E-state index in [1.54, 1.807) is 0 Å². The number of rotatable bonds is 5. The van der Waals surface area contributed by atoms with Gasteiger partial charge < -0.3 is 4.57 Å². The average molecular weight is 616 g/mol. The maximum Gasteiger partial charge on any atom is 0.0541 e. The number of aromatic nitrogens is 1. The van der Waals surface area contributed by atoms with E-state index >= 15 is 0 Å². The lowest BCUT2D eigenvalue weighted by Crippen LogP contribution is -2.15. The molecule has 0 amide bonds. The molecule has 1 aromatic heterocycles. The van der Waals surface area contributed by atoms with Crippen LogP contribution in [-0.2, 0) is 5.41 Å². The summed E-state index contributed by atoms with van der Waals surface area (Å²) in [6.45, 7) is 7.02. The minimum atomic E-state index is 0.0666. The third-order valence-electron chi connectivity index (χ3n) is 10.7. The zero-order valence-electron chi connectivity index (χ0n) is 27.7. The molecular formula is C47H37N.